The molecule has 0 saturated heterocycles. The molecule has 0 bridgehead atoms. The van der Waals surface area contributed by atoms with E-state index in [-0.39, 0.29) is 18.6 Å². The third-order valence-electron chi connectivity index (χ3n) is 3.99. The minimum absolute atomic E-state index is 0.110. The van der Waals surface area contributed by atoms with Gasteiger partial charge in [-0.15, -0.1) is 11.3 Å². The Morgan fingerprint density at radius 2 is 2.35 bits per heavy atom. The van der Waals surface area contributed by atoms with Crippen LogP contribution in [-0.4, -0.2) is 30.1 Å². The molecule has 0 aromatic carbocycles. The molecule has 1 heterocycles. The smallest absolute Gasteiger partial charge is 0.248 e. The van der Waals surface area contributed by atoms with Crippen LogP contribution in [-0.2, 0) is 16.1 Å². The van der Waals surface area contributed by atoms with E-state index >= 15 is 0 Å². The van der Waals surface area contributed by atoms with E-state index < -0.39 is 0 Å². The van der Waals surface area contributed by atoms with Gasteiger partial charge in [0.05, 0.1) is 12.6 Å². The summed E-state index contributed by atoms with van der Waals surface area (Å²) < 4.78 is 5.83. The number of thiophene rings is 1. The van der Waals surface area contributed by atoms with Crippen molar-refractivity contribution < 1.29 is 9.53 Å². The van der Waals surface area contributed by atoms with Crippen molar-refractivity contribution in [1.29, 1.82) is 0 Å². The van der Waals surface area contributed by atoms with Crippen LogP contribution >= 0.6 is 11.3 Å². The largest absolute Gasteiger partial charge is 0.368 e. The molecule has 1 aliphatic rings. The van der Waals surface area contributed by atoms with E-state index in [0.29, 0.717) is 6.54 Å². The van der Waals surface area contributed by atoms with E-state index in [1.165, 1.54) is 17.7 Å². The minimum atomic E-state index is 0.110. The van der Waals surface area contributed by atoms with Gasteiger partial charge >= 0.3 is 0 Å². The average molecular weight is 295 g/mol. The molecule has 1 saturated carbocycles. The molecule has 1 aromatic rings. The molecule has 0 aliphatic heterocycles. The molecule has 4 heteroatoms. The second-order valence-electron chi connectivity index (χ2n) is 5.69. The molecule has 0 N–H and O–H groups in total. The molecule has 1 aliphatic carbocycles. The van der Waals surface area contributed by atoms with Crippen LogP contribution in [0.2, 0.25) is 0 Å². The van der Waals surface area contributed by atoms with Gasteiger partial charge in [0.1, 0.15) is 6.61 Å². The number of carbonyl (C=O) groups excluding carboxylic acids is 1. The Morgan fingerprint density at radius 3 is 3.00 bits per heavy atom. The van der Waals surface area contributed by atoms with E-state index in [1.54, 1.807) is 11.3 Å². The summed E-state index contributed by atoms with van der Waals surface area (Å²) in [6, 6.07) is 4.10. The van der Waals surface area contributed by atoms with Gasteiger partial charge in [0.15, 0.2) is 0 Å². The predicted octanol–water partition coefficient (Wildman–Crippen LogP) is 3.69. The van der Waals surface area contributed by atoms with Gasteiger partial charge in [-0.2, -0.15) is 0 Å². The quantitative estimate of drug-likeness (QED) is 0.801. The summed E-state index contributed by atoms with van der Waals surface area (Å²) >= 11 is 1.70. The molecule has 2 atom stereocenters. The first-order valence-electron chi connectivity index (χ1n) is 7.60. The molecule has 1 fully saturated rings. The Kier molecular flexibility index (Phi) is 6.05. The first-order chi connectivity index (χ1) is 9.69. The van der Waals surface area contributed by atoms with E-state index in [0.717, 1.165) is 25.3 Å². The number of carbonyl (C=O) groups is 1. The fourth-order valence-electron chi connectivity index (χ4n) is 2.78. The Balaban J connectivity index is 1.77. The number of rotatable bonds is 6. The van der Waals surface area contributed by atoms with Crippen molar-refractivity contribution >= 4 is 17.2 Å². The molecule has 1 amide bonds. The second kappa shape index (κ2) is 7.79. The number of nitrogens with zero attached hydrogens (tertiary/aromatic N) is 1. The zero-order valence-corrected chi connectivity index (χ0v) is 13.3. The normalized spacial score (nSPS) is 22.7. The molecule has 3 nitrogen and oxygen atoms in total. The van der Waals surface area contributed by atoms with Crippen LogP contribution in [0.4, 0.5) is 0 Å². The van der Waals surface area contributed by atoms with Gasteiger partial charge in [0.2, 0.25) is 5.91 Å². The third-order valence-corrected chi connectivity index (χ3v) is 4.85. The van der Waals surface area contributed by atoms with Gasteiger partial charge in [0.25, 0.3) is 0 Å². The molecule has 20 heavy (non-hydrogen) atoms. The Hall–Kier alpha value is -0.870. The summed E-state index contributed by atoms with van der Waals surface area (Å²) in [7, 11) is 0. The Morgan fingerprint density at radius 1 is 1.50 bits per heavy atom. The Labute approximate surface area is 125 Å². The van der Waals surface area contributed by atoms with Gasteiger partial charge in [-0.3, -0.25) is 4.79 Å². The van der Waals surface area contributed by atoms with Crippen LogP contribution in [0.5, 0.6) is 0 Å². The minimum Gasteiger partial charge on any atom is -0.368 e. The highest BCUT2D eigenvalue weighted by Gasteiger charge is 2.21. The number of ether oxygens (including phenoxy) is 1. The van der Waals surface area contributed by atoms with E-state index in [1.807, 2.05) is 23.3 Å². The topological polar surface area (TPSA) is 29.5 Å². The van der Waals surface area contributed by atoms with Gasteiger partial charge in [-0.1, -0.05) is 25.8 Å². The van der Waals surface area contributed by atoms with Gasteiger partial charge in [-0.25, -0.2) is 0 Å². The van der Waals surface area contributed by atoms with Crippen LogP contribution in [0.3, 0.4) is 0 Å². The van der Waals surface area contributed by atoms with E-state index in [2.05, 4.69) is 13.0 Å². The standard InChI is InChI=1S/C16H25NO2S/c1-3-17(11-15-8-5-9-20-15)16(18)12-19-14-7-4-6-13(2)10-14/h5,8-9,13-14H,3-4,6-7,10-12H2,1-2H3. The van der Waals surface area contributed by atoms with Crippen LogP contribution in [0.1, 0.15) is 44.4 Å². The molecule has 112 valence electrons. The summed E-state index contributed by atoms with van der Waals surface area (Å²) in [6.07, 6.45) is 5.02. The van der Waals surface area contributed by atoms with E-state index in [4.69, 9.17) is 4.74 Å². The lowest BCUT2D eigenvalue weighted by Crippen LogP contribution is -2.35. The first kappa shape index (κ1) is 15.5. The van der Waals surface area contributed by atoms with Crippen molar-refractivity contribution in [2.75, 3.05) is 13.2 Å². The summed E-state index contributed by atoms with van der Waals surface area (Å²) in [4.78, 5) is 15.3. The fraction of sp³-hybridized carbons (Fsp3) is 0.688. The lowest BCUT2D eigenvalue weighted by atomic mass is 9.89. The van der Waals surface area contributed by atoms with Crippen LogP contribution in [0.25, 0.3) is 0 Å². The zero-order valence-electron chi connectivity index (χ0n) is 12.5. The van der Waals surface area contributed by atoms with Crippen molar-refractivity contribution in [3.63, 3.8) is 0 Å². The summed E-state index contributed by atoms with van der Waals surface area (Å²) in [6.45, 7) is 5.97. The summed E-state index contributed by atoms with van der Waals surface area (Å²) in [5, 5.41) is 2.05. The predicted molar refractivity (Wildman–Crippen MR) is 82.8 cm³/mol. The first-order valence-corrected chi connectivity index (χ1v) is 8.48. The Bertz CT molecular complexity index is 405. The number of likely N-dealkylation sites (N-methyl/N-ethyl adjacent to an activating group) is 1. The molecule has 2 unspecified atom stereocenters. The van der Waals surface area contributed by atoms with Crippen molar-refractivity contribution in [2.45, 2.75) is 52.2 Å². The summed E-state index contributed by atoms with van der Waals surface area (Å²) in [5.74, 6) is 0.844. The maximum Gasteiger partial charge on any atom is 0.248 e. The van der Waals surface area contributed by atoms with Crippen LogP contribution in [0, 0.1) is 5.92 Å². The zero-order chi connectivity index (χ0) is 14.4. The highest BCUT2D eigenvalue weighted by atomic mass is 32.1. The average Bonchev–Trinajstić information content (AvgIpc) is 2.95. The van der Waals surface area contributed by atoms with Crippen molar-refractivity contribution in [3.8, 4) is 0 Å². The molecule has 1 aromatic heterocycles. The maximum atomic E-state index is 12.2. The number of amides is 1. The van der Waals surface area contributed by atoms with Crippen molar-refractivity contribution in [2.24, 2.45) is 5.92 Å². The molecule has 0 radical (unpaired) electrons. The van der Waals surface area contributed by atoms with Crippen molar-refractivity contribution in [1.82, 2.24) is 4.90 Å². The highest BCUT2D eigenvalue weighted by Crippen LogP contribution is 2.25. The summed E-state index contributed by atoms with van der Waals surface area (Å²) in [5.41, 5.74) is 0. The molecule has 2 rings (SSSR count). The number of hydrogen-bond donors (Lipinski definition) is 0. The van der Waals surface area contributed by atoms with Gasteiger partial charge < -0.3 is 9.64 Å². The second-order valence-corrected chi connectivity index (χ2v) is 6.72. The molecular weight excluding hydrogens is 270 g/mol. The molecule has 0 spiro atoms. The third kappa shape index (κ3) is 4.60. The number of hydrogen-bond acceptors (Lipinski definition) is 3. The molecular formula is C16H25NO2S. The fourth-order valence-corrected chi connectivity index (χ4v) is 3.50. The highest BCUT2D eigenvalue weighted by molar-refractivity contribution is 7.09. The van der Waals surface area contributed by atoms with Gasteiger partial charge in [0, 0.05) is 11.4 Å². The van der Waals surface area contributed by atoms with Crippen molar-refractivity contribution in [3.05, 3.63) is 22.4 Å². The lowest BCUT2D eigenvalue weighted by Gasteiger charge is -2.28. The lowest BCUT2D eigenvalue weighted by molar-refractivity contribution is -0.139. The maximum absolute atomic E-state index is 12.2. The SMILES string of the molecule is CCN(Cc1cccs1)C(=O)COC1CCCC(C)C1. The monoisotopic (exact) mass is 295 g/mol. The van der Waals surface area contributed by atoms with Crippen LogP contribution in [0.15, 0.2) is 17.5 Å². The van der Waals surface area contributed by atoms with Gasteiger partial charge in [-0.05, 0) is 37.1 Å². The van der Waals surface area contributed by atoms with Crippen LogP contribution < -0.4 is 0 Å². The van der Waals surface area contributed by atoms with E-state index in [9.17, 15) is 4.79 Å².